The molecule has 3 saturated heterocycles. The van der Waals surface area contributed by atoms with Crippen LogP contribution in [0.5, 0.6) is 0 Å². The fourth-order valence-electron chi connectivity index (χ4n) is 3.87. The van der Waals surface area contributed by atoms with E-state index >= 15 is 0 Å². The molecule has 0 atom stereocenters. The number of amides is 2. The average Bonchev–Trinajstić information content (AvgIpc) is 3.23. The van der Waals surface area contributed by atoms with E-state index in [2.05, 4.69) is 10.2 Å². The highest BCUT2D eigenvalue weighted by atomic mass is 32.2. The number of rotatable bonds is 7. The molecule has 1 aromatic rings. The Bertz CT molecular complexity index is 945. The van der Waals surface area contributed by atoms with E-state index in [0.29, 0.717) is 71.4 Å². The minimum atomic E-state index is -3.70. The second-order valence-electron chi connectivity index (χ2n) is 7.69. The molecule has 3 aliphatic rings. The second-order valence-corrected chi connectivity index (χ2v) is 10.7. The monoisotopic (exact) mass is 484 g/mol. The molecule has 0 aromatic heterocycles. The maximum atomic E-state index is 13.1. The Kier molecular flexibility index (Phi) is 7.56. The summed E-state index contributed by atoms with van der Waals surface area (Å²) in [7, 11) is -3.70. The Morgan fingerprint density at radius 2 is 1.72 bits per heavy atom. The van der Waals surface area contributed by atoms with E-state index in [-0.39, 0.29) is 22.5 Å². The van der Waals surface area contributed by atoms with E-state index in [1.165, 1.54) is 22.1 Å². The maximum Gasteiger partial charge on any atom is 0.281 e. The van der Waals surface area contributed by atoms with Crippen molar-refractivity contribution in [3.8, 4) is 0 Å². The lowest BCUT2D eigenvalue weighted by atomic mass is 10.2. The van der Waals surface area contributed by atoms with Gasteiger partial charge >= 0.3 is 0 Å². The fourth-order valence-corrected chi connectivity index (χ4v) is 6.16. The minimum Gasteiger partial charge on any atom is -0.379 e. The number of ether oxygens (including phenoxy) is 2. The molecule has 0 unspecified atom stereocenters. The van der Waals surface area contributed by atoms with E-state index in [0.717, 1.165) is 11.4 Å². The summed E-state index contributed by atoms with van der Waals surface area (Å²) in [5, 5.41) is 2.88. The van der Waals surface area contributed by atoms with Crippen LogP contribution in [-0.2, 0) is 24.3 Å². The first-order chi connectivity index (χ1) is 15.4. The summed E-state index contributed by atoms with van der Waals surface area (Å²) < 4.78 is 38.4. The van der Waals surface area contributed by atoms with Gasteiger partial charge in [-0.25, -0.2) is 8.42 Å². The number of hydrogen-bond acceptors (Lipinski definition) is 8. The zero-order valence-electron chi connectivity index (χ0n) is 17.8. The third-order valence-corrected chi connectivity index (χ3v) is 8.44. The van der Waals surface area contributed by atoms with Crippen molar-refractivity contribution in [2.75, 3.05) is 81.7 Å². The van der Waals surface area contributed by atoms with Gasteiger partial charge in [0.1, 0.15) is 0 Å². The van der Waals surface area contributed by atoms with Gasteiger partial charge < -0.3 is 24.6 Å². The number of hydrogen-bond donors (Lipinski definition) is 1. The summed E-state index contributed by atoms with van der Waals surface area (Å²) >= 11 is 1.26. The van der Waals surface area contributed by atoms with Gasteiger partial charge in [-0.05, 0) is 18.2 Å². The van der Waals surface area contributed by atoms with Gasteiger partial charge in [-0.15, -0.1) is 0 Å². The van der Waals surface area contributed by atoms with E-state index in [1.54, 1.807) is 17.0 Å². The molecule has 0 aliphatic carbocycles. The molecule has 3 heterocycles. The molecule has 2 amide bonds. The molecule has 0 bridgehead atoms. The number of anilines is 2. The number of morpholine rings is 2. The van der Waals surface area contributed by atoms with Crippen molar-refractivity contribution in [3.63, 3.8) is 0 Å². The third-order valence-electron chi connectivity index (χ3n) is 5.66. The number of carbonyl (C=O) groups is 2. The first kappa shape index (κ1) is 23.3. The van der Waals surface area contributed by atoms with Crippen LogP contribution in [0, 0.1) is 0 Å². The molecule has 1 N–H and O–H groups in total. The van der Waals surface area contributed by atoms with E-state index in [4.69, 9.17) is 9.47 Å². The van der Waals surface area contributed by atoms with E-state index in [9.17, 15) is 18.0 Å². The van der Waals surface area contributed by atoms with Crippen LogP contribution in [-0.4, -0.2) is 100 Å². The standard InChI is InChI=1S/C20H28N4O6S2/c25-19(3-4-23-9-14-31-20(23)26)21-17-15-16(32(27,28)24-7-12-30-13-8-24)1-2-18(17)22-5-10-29-11-6-22/h1-2,15H,3-14H2,(H,21,25). The molecule has 176 valence electrons. The Morgan fingerprint density at radius 1 is 1.03 bits per heavy atom. The summed E-state index contributed by atoms with van der Waals surface area (Å²) in [5.41, 5.74) is 1.21. The van der Waals surface area contributed by atoms with Gasteiger partial charge in [0.05, 0.1) is 42.7 Å². The zero-order chi connectivity index (χ0) is 22.6. The molecule has 1 aromatic carbocycles. The maximum absolute atomic E-state index is 13.1. The number of carbonyl (C=O) groups excluding carboxylic acids is 2. The molecule has 12 heteroatoms. The van der Waals surface area contributed by atoms with Gasteiger partial charge in [0, 0.05) is 51.4 Å². The van der Waals surface area contributed by atoms with Crippen LogP contribution in [0.4, 0.5) is 16.2 Å². The predicted octanol–water partition coefficient (Wildman–Crippen LogP) is 1.04. The second kappa shape index (κ2) is 10.4. The Labute approximate surface area is 192 Å². The highest BCUT2D eigenvalue weighted by Crippen LogP contribution is 2.31. The largest absolute Gasteiger partial charge is 0.379 e. The summed E-state index contributed by atoms with van der Waals surface area (Å²) in [4.78, 5) is 28.3. The quantitative estimate of drug-likeness (QED) is 0.612. The molecule has 10 nitrogen and oxygen atoms in total. The van der Waals surface area contributed by atoms with Crippen molar-refractivity contribution in [1.29, 1.82) is 0 Å². The first-order valence-corrected chi connectivity index (χ1v) is 13.1. The van der Waals surface area contributed by atoms with Crippen LogP contribution >= 0.6 is 11.8 Å². The average molecular weight is 485 g/mol. The third kappa shape index (κ3) is 5.37. The van der Waals surface area contributed by atoms with Crippen LogP contribution < -0.4 is 10.2 Å². The summed E-state index contributed by atoms with van der Waals surface area (Å²) in [6, 6.07) is 4.87. The lowest BCUT2D eigenvalue weighted by Crippen LogP contribution is -2.40. The Hall–Kier alpha value is -1.86. The molecule has 0 radical (unpaired) electrons. The smallest absolute Gasteiger partial charge is 0.281 e. The number of nitrogens with zero attached hydrogens (tertiary/aromatic N) is 3. The minimum absolute atomic E-state index is 0.00888. The zero-order valence-corrected chi connectivity index (χ0v) is 19.5. The lowest BCUT2D eigenvalue weighted by Gasteiger charge is -2.31. The number of thioether (sulfide) groups is 1. The van der Waals surface area contributed by atoms with Gasteiger partial charge in [-0.3, -0.25) is 9.59 Å². The molecular formula is C20H28N4O6S2. The highest BCUT2D eigenvalue weighted by Gasteiger charge is 2.28. The molecule has 3 fully saturated rings. The van der Waals surface area contributed by atoms with Crippen molar-refractivity contribution in [3.05, 3.63) is 18.2 Å². The van der Waals surface area contributed by atoms with Crippen molar-refractivity contribution in [1.82, 2.24) is 9.21 Å². The van der Waals surface area contributed by atoms with Gasteiger partial charge in [0.2, 0.25) is 15.9 Å². The topological polar surface area (TPSA) is 108 Å². The van der Waals surface area contributed by atoms with Crippen LogP contribution in [0.25, 0.3) is 0 Å². The van der Waals surface area contributed by atoms with Gasteiger partial charge in [0.25, 0.3) is 5.24 Å². The predicted molar refractivity (Wildman–Crippen MR) is 122 cm³/mol. The van der Waals surface area contributed by atoms with Crippen molar-refractivity contribution in [2.24, 2.45) is 0 Å². The first-order valence-electron chi connectivity index (χ1n) is 10.7. The highest BCUT2D eigenvalue weighted by molar-refractivity contribution is 8.13. The molecule has 32 heavy (non-hydrogen) atoms. The van der Waals surface area contributed by atoms with Gasteiger partial charge in [0.15, 0.2) is 0 Å². The van der Waals surface area contributed by atoms with E-state index < -0.39 is 10.0 Å². The van der Waals surface area contributed by atoms with Crippen LogP contribution in [0.3, 0.4) is 0 Å². The molecule has 4 rings (SSSR count). The van der Waals surface area contributed by atoms with Gasteiger partial charge in [-0.2, -0.15) is 4.31 Å². The van der Waals surface area contributed by atoms with Crippen molar-refractivity contribution < 1.29 is 27.5 Å². The molecular weight excluding hydrogens is 456 g/mol. The summed E-state index contributed by atoms with van der Waals surface area (Å²) in [6.45, 7) is 4.75. The van der Waals surface area contributed by atoms with Crippen molar-refractivity contribution >= 4 is 44.3 Å². The summed E-state index contributed by atoms with van der Waals surface area (Å²) in [6.07, 6.45) is 0.148. The fraction of sp³-hybridized carbons (Fsp3) is 0.600. The van der Waals surface area contributed by atoms with Gasteiger partial charge in [-0.1, -0.05) is 11.8 Å². The number of benzene rings is 1. The van der Waals surface area contributed by atoms with Crippen LogP contribution in [0.2, 0.25) is 0 Å². The van der Waals surface area contributed by atoms with Crippen LogP contribution in [0.15, 0.2) is 23.1 Å². The molecule has 0 saturated carbocycles. The normalized spacial score (nSPS) is 20.6. The van der Waals surface area contributed by atoms with Crippen molar-refractivity contribution in [2.45, 2.75) is 11.3 Å². The SMILES string of the molecule is O=C(CCN1CCSC1=O)Nc1cc(S(=O)(=O)N2CCOCC2)ccc1N1CCOCC1. The van der Waals surface area contributed by atoms with E-state index in [1.807, 2.05) is 0 Å². The molecule has 3 aliphatic heterocycles. The Balaban J connectivity index is 1.54. The molecule has 0 spiro atoms. The summed E-state index contributed by atoms with van der Waals surface area (Å²) in [5.74, 6) is 0.480. The van der Waals surface area contributed by atoms with Crippen LogP contribution in [0.1, 0.15) is 6.42 Å². The number of sulfonamides is 1. The lowest BCUT2D eigenvalue weighted by molar-refractivity contribution is -0.116. The number of nitrogens with one attached hydrogen (secondary N) is 1. The Morgan fingerprint density at radius 3 is 2.38 bits per heavy atom.